The van der Waals surface area contributed by atoms with E-state index in [0.717, 1.165) is 24.8 Å². The van der Waals surface area contributed by atoms with E-state index >= 15 is 0 Å². The monoisotopic (exact) mass is 222 g/mol. The van der Waals surface area contributed by atoms with Crippen LogP contribution >= 0.6 is 0 Å². The van der Waals surface area contributed by atoms with Gasteiger partial charge in [0, 0.05) is 6.42 Å². The molecule has 1 aliphatic carbocycles. The van der Waals surface area contributed by atoms with Crippen LogP contribution in [0, 0.1) is 0 Å². The maximum atomic E-state index is 11.3. The normalized spacial score (nSPS) is 15.6. The Bertz CT molecular complexity index is 228. The highest BCUT2D eigenvalue weighted by atomic mass is 16.1. The van der Waals surface area contributed by atoms with Crippen molar-refractivity contribution in [3.8, 4) is 0 Å². The maximum Gasteiger partial charge on any atom is 0.158 e. The average Bonchev–Trinajstić information content (AvgIpc) is 2.68. The second-order valence-electron chi connectivity index (χ2n) is 4.92. The molecular formula is C15H26O. The van der Waals surface area contributed by atoms with Crippen molar-refractivity contribution in [2.75, 3.05) is 0 Å². The van der Waals surface area contributed by atoms with Crippen molar-refractivity contribution in [1.82, 2.24) is 0 Å². The van der Waals surface area contributed by atoms with Gasteiger partial charge in [-0.2, -0.15) is 0 Å². The Balaban J connectivity index is 1.86. The fourth-order valence-corrected chi connectivity index (χ4v) is 2.34. The smallest absolute Gasteiger partial charge is 0.158 e. The van der Waals surface area contributed by atoms with Crippen molar-refractivity contribution in [2.24, 2.45) is 0 Å². The van der Waals surface area contributed by atoms with E-state index in [4.69, 9.17) is 0 Å². The summed E-state index contributed by atoms with van der Waals surface area (Å²) in [5.41, 5.74) is 1.12. The van der Waals surface area contributed by atoms with Gasteiger partial charge in [-0.05, 0) is 24.8 Å². The van der Waals surface area contributed by atoms with E-state index in [-0.39, 0.29) is 0 Å². The van der Waals surface area contributed by atoms with Crippen LogP contribution in [0.1, 0.15) is 77.6 Å². The van der Waals surface area contributed by atoms with Crippen LogP contribution in [0.5, 0.6) is 0 Å². The number of rotatable bonds is 9. The summed E-state index contributed by atoms with van der Waals surface area (Å²) in [4.78, 5) is 11.3. The summed E-state index contributed by atoms with van der Waals surface area (Å²) in [6.45, 7) is 2.26. The van der Waals surface area contributed by atoms with Gasteiger partial charge in [-0.25, -0.2) is 0 Å². The molecule has 0 bridgehead atoms. The van der Waals surface area contributed by atoms with Crippen LogP contribution in [-0.4, -0.2) is 5.78 Å². The first kappa shape index (κ1) is 13.5. The lowest BCUT2D eigenvalue weighted by molar-refractivity contribution is -0.115. The molecular weight excluding hydrogens is 196 g/mol. The molecule has 92 valence electrons. The summed E-state index contributed by atoms with van der Waals surface area (Å²) in [5, 5.41) is 0. The Morgan fingerprint density at radius 1 is 1.00 bits per heavy atom. The molecule has 0 aromatic rings. The molecule has 0 radical (unpaired) electrons. The third-order valence-electron chi connectivity index (χ3n) is 3.42. The molecule has 1 aliphatic rings. The number of unbranched alkanes of at least 4 members (excludes halogenated alkanes) is 7. The lowest BCUT2D eigenvalue weighted by Gasteiger charge is -2.02. The fourth-order valence-electron chi connectivity index (χ4n) is 2.34. The van der Waals surface area contributed by atoms with Crippen molar-refractivity contribution in [1.29, 1.82) is 0 Å². The summed E-state index contributed by atoms with van der Waals surface area (Å²) in [5.74, 6) is 0.406. The number of carbonyl (C=O) groups is 1. The summed E-state index contributed by atoms with van der Waals surface area (Å²) in [6, 6.07) is 0. The van der Waals surface area contributed by atoms with E-state index in [9.17, 15) is 4.79 Å². The zero-order valence-corrected chi connectivity index (χ0v) is 10.8. The maximum absolute atomic E-state index is 11.3. The first-order chi connectivity index (χ1) is 7.84. The summed E-state index contributed by atoms with van der Waals surface area (Å²) >= 11 is 0. The molecule has 0 heterocycles. The zero-order chi connectivity index (χ0) is 11.6. The minimum absolute atomic E-state index is 0.406. The molecule has 0 spiro atoms. The van der Waals surface area contributed by atoms with Crippen molar-refractivity contribution < 1.29 is 4.79 Å². The summed E-state index contributed by atoms with van der Waals surface area (Å²) in [6.07, 6.45) is 15.7. The lowest BCUT2D eigenvalue weighted by Crippen LogP contribution is -1.95. The number of ketones is 1. The molecule has 0 saturated carbocycles. The number of Topliss-reactive ketones (excluding diaryl/α,β-unsaturated/α-hetero) is 1. The van der Waals surface area contributed by atoms with Gasteiger partial charge in [0.25, 0.3) is 0 Å². The van der Waals surface area contributed by atoms with Gasteiger partial charge in [-0.3, -0.25) is 4.79 Å². The highest BCUT2D eigenvalue weighted by Crippen LogP contribution is 2.20. The van der Waals surface area contributed by atoms with Crippen molar-refractivity contribution in [3.63, 3.8) is 0 Å². The van der Waals surface area contributed by atoms with E-state index in [0.29, 0.717) is 5.78 Å². The highest BCUT2D eigenvalue weighted by Gasteiger charge is 2.13. The molecule has 1 heteroatoms. The number of allylic oxidation sites excluding steroid dienone is 2. The van der Waals surface area contributed by atoms with Gasteiger partial charge in [0.15, 0.2) is 5.78 Å². The number of hydrogen-bond donors (Lipinski definition) is 0. The molecule has 0 aromatic heterocycles. The fraction of sp³-hybridized carbons (Fsp3) is 0.800. The van der Waals surface area contributed by atoms with Gasteiger partial charge < -0.3 is 0 Å². The van der Waals surface area contributed by atoms with Gasteiger partial charge in [0.2, 0.25) is 0 Å². The molecule has 0 unspecified atom stereocenters. The van der Waals surface area contributed by atoms with E-state index in [2.05, 4.69) is 13.0 Å². The topological polar surface area (TPSA) is 17.1 Å². The highest BCUT2D eigenvalue weighted by molar-refractivity contribution is 5.97. The molecule has 0 saturated heterocycles. The van der Waals surface area contributed by atoms with Crippen LogP contribution in [0.3, 0.4) is 0 Å². The van der Waals surface area contributed by atoms with Crippen molar-refractivity contribution >= 4 is 5.78 Å². The third-order valence-corrected chi connectivity index (χ3v) is 3.42. The average molecular weight is 222 g/mol. The van der Waals surface area contributed by atoms with Crippen LogP contribution in [-0.2, 0) is 4.79 Å². The quantitative estimate of drug-likeness (QED) is 0.512. The first-order valence-electron chi connectivity index (χ1n) is 7.07. The SMILES string of the molecule is CCCCCCCCCCC1=CCCC1=O. The molecule has 0 fully saturated rings. The predicted molar refractivity (Wildman–Crippen MR) is 69.6 cm³/mol. The second-order valence-corrected chi connectivity index (χ2v) is 4.92. The summed E-state index contributed by atoms with van der Waals surface area (Å²) < 4.78 is 0. The number of hydrogen-bond acceptors (Lipinski definition) is 1. The van der Waals surface area contributed by atoms with Gasteiger partial charge in [-0.1, -0.05) is 57.9 Å². The minimum atomic E-state index is 0.406. The van der Waals surface area contributed by atoms with Gasteiger partial charge >= 0.3 is 0 Å². The summed E-state index contributed by atoms with van der Waals surface area (Å²) in [7, 11) is 0. The van der Waals surface area contributed by atoms with Crippen LogP contribution in [0.4, 0.5) is 0 Å². The van der Waals surface area contributed by atoms with Gasteiger partial charge in [0.05, 0.1) is 0 Å². The molecule has 0 atom stereocenters. The standard InChI is InChI=1S/C15H26O/c1-2-3-4-5-6-7-8-9-11-14-12-10-13-15(14)16/h12H,2-11,13H2,1H3. The second kappa shape index (κ2) is 8.55. The van der Waals surface area contributed by atoms with Crippen LogP contribution in [0.25, 0.3) is 0 Å². The molecule has 0 aliphatic heterocycles. The molecule has 16 heavy (non-hydrogen) atoms. The Labute approximate surface area is 100 Å². The Morgan fingerprint density at radius 3 is 2.19 bits per heavy atom. The molecule has 1 rings (SSSR count). The van der Waals surface area contributed by atoms with E-state index in [1.54, 1.807) is 0 Å². The number of carbonyl (C=O) groups excluding carboxylic acids is 1. The van der Waals surface area contributed by atoms with E-state index < -0.39 is 0 Å². The minimum Gasteiger partial charge on any atom is -0.295 e. The Hall–Kier alpha value is -0.590. The van der Waals surface area contributed by atoms with Crippen LogP contribution < -0.4 is 0 Å². The lowest BCUT2D eigenvalue weighted by atomic mass is 10.0. The van der Waals surface area contributed by atoms with Crippen LogP contribution in [0.2, 0.25) is 0 Å². The first-order valence-corrected chi connectivity index (χ1v) is 7.07. The Morgan fingerprint density at radius 2 is 1.62 bits per heavy atom. The van der Waals surface area contributed by atoms with Crippen molar-refractivity contribution in [3.05, 3.63) is 11.6 Å². The zero-order valence-electron chi connectivity index (χ0n) is 10.8. The molecule has 1 nitrogen and oxygen atoms in total. The Kier molecular flexibility index (Phi) is 7.20. The van der Waals surface area contributed by atoms with E-state index in [1.807, 2.05) is 0 Å². The van der Waals surface area contributed by atoms with Crippen molar-refractivity contribution in [2.45, 2.75) is 77.6 Å². The van der Waals surface area contributed by atoms with Gasteiger partial charge in [0.1, 0.15) is 0 Å². The third kappa shape index (κ3) is 5.48. The largest absolute Gasteiger partial charge is 0.295 e. The molecule has 0 amide bonds. The van der Waals surface area contributed by atoms with E-state index in [1.165, 1.54) is 51.4 Å². The molecule has 0 N–H and O–H groups in total. The predicted octanol–water partition coefficient (Wildman–Crippen LogP) is 4.81. The van der Waals surface area contributed by atoms with Gasteiger partial charge in [-0.15, -0.1) is 0 Å². The molecule has 0 aromatic carbocycles. The van der Waals surface area contributed by atoms with Crippen LogP contribution in [0.15, 0.2) is 11.6 Å².